The summed E-state index contributed by atoms with van der Waals surface area (Å²) in [5, 5.41) is 14.9. The Kier molecular flexibility index (Phi) is 3.62. The van der Waals surface area contributed by atoms with Gasteiger partial charge in [-0.15, -0.1) is 0 Å². The first kappa shape index (κ1) is 12.6. The van der Waals surface area contributed by atoms with Gasteiger partial charge >= 0.3 is 5.97 Å². The topological polar surface area (TPSA) is 78.4 Å². The van der Waals surface area contributed by atoms with Crippen LogP contribution < -0.4 is 10.6 Å². The molecule has 0 aromatic heterocycles. The molecule has 1 aliphatic rings. The molecule has 2 atom stereocenters. The molecule has 1 saturated heterocycles. The van der Waals surface area contributed by atoms with Crippen molar-refractivity contribution in [1.29, 1.82) is 0 Å². The molecule has 18 heavy (non-hydrogen) atoms. The van der Waals surface area contributed by atoms with Crippen LogP contribution >= 0.6 is 0 Å². The Morgan fingerprint density at radius 3 is 2.50 bits per heavy atom. The molecule has 1 fully saturated rings. The zero-order valence-corrected chi connectivity index (χ0v) is 10.1. The van der Waals surface area contributed by atoms with Crippen molar-refractivity contribution in [2.75, 3.05) is 18.4 Å². The van der Waals surface area contributed by atoms with Gasteiger partial charge in [-0.25, -0.2) is 0 Å². The van der Waals surface area contributed by atoms with E-state index in [0.29, 0.717) is 13.1 Å². The second kappa shape index (κ2) is 5.18. The number of carbonyl (C=O) groups excluding carboxylic acids is 1. The molecule has 0 unspecified atom stereocenters. The molecular weight excluding hydrogens is 232 g/mol. The van der Waals surface area contributed by atoms with Gasteiger partial charge < -0.3 is 15.7 Å². The summed E-state index contributed by atoms with van der Waals surface area (Å²) in [6.45, 7) is 2.64. The van der Waals surface area contributed by atoms with E-state index in [0.717, 1.165) is 11.3 Å². The number of carbonyl (C=O) groups is 2. The molecule has 5 heteroatoms. The zero-order valence-electron chi connectivity index (χ0n) is 10.1. The summed E-state index contributed by atoms with van der Waals surface area (Å²) in [5.74, 6) is -1.27. The molecule has 5 nitrogen and oxygen atoms in total. The minimum absolute atomic E-state index is 0.00567. The Hall–Kier alpha value is -1.88. The van der Waals surface area contributed by atoms with Crippen LogP contribution in [0.5, 0.6) is 0 Å². The number of amides is 1. The van der Waals surface area contributed by atoms with E-state index in [-0.39, 0.29) is 17.7 Å². The smallest absolute Gasteiger partial charge is 0.308 e. The van der Waals surface area contributed by atoms with Crippen LogP contribution in [0.15, 0.2) is 24.3 Å². The Labute approximate surface area is 105 Å². The molecule has 1 aromatic carbocycles. The third-order valence-corrected chi connectivity index (χ3v) is 3.19. The maximum atomic E-state index is 11.1. The predicted molar refractivity (Wildman–Crippen MR) is 67.5 cm³/mol. The van der Waals surface area contributed by atoms with E-state index in [9.17, 15) is 9.59 Å². The van der Waals surface area contributed by atoms with E-state index < -0.39 is 5.97 Å². The van der Waals surface area contributed by atoms with Crippen LogP contribution in [0.4, 0.5) is 5.69 Å². The van der Waals surface area contributed by atoms with Gasteiger partial charge in [0.2, 0.25) is 5.91 Å². The minimum atomic E-state index is -0.768. The molecule has 0 bridgehead atoms. The van der Waals surface area contributed by atoms with Crippen LogP contribution in [0.2, 0.25) is 0 Å². The van der Waals surface area contributed by atoms with Gasteiger partial charge in [-0.05, 0) is 17.7 Å². The van der Waals surface area contributed by atoms with Gasteiger partial charge in [-0.3, -0.25) is 9.59 Å². The van der Waals surface area contributed by atoms with Crippen molar-refractivity contribution in [3.8, 4) is 0 Å². The average molecular weight is 248 g/mol. The molecule has 0 radical (unpaired) electrons. The summed E-state index contributed by atoms with van der Waals surface area (Å²) in [6.07, 6.45) is 0. The summed E-state index contributed by atoms with van der Waals surface area (Å²) in [6, 6.07) is 7.35. The van der Waals surface area contributed by atoms with Crippen LogP contribution in [-0.4, -0.2) is 30.1 Å². The van der Waals surface area contributed by atoms with Crippen molar-refractivity contribution >= 4 is 17.6 Å². The Morgan fingerprint density at radius 2 is 1.94 bits per heavy atom. The Morgan fingerprint density at radius 1 is 1.28 bits per heavy atom. The van der Waals surface area contributed by atoms with Crippen molar-refractivity contribution in [3.63, 3.8) is 0 Å². The molecule has 0 saturated carbocycles. The van der Waals surface area contributed by atoms with Crippen molar-refractivity contribution in [3.05, 3.63) is 29.8 Å². The lowest BCUT2D eigenvalue weighted by Crippen LogP contribution is -2.21. The van der Waals surface area contributed by atoms with E-state index in [2.05, 4.69) is 10.6 Å². The first-order valence-corrected chi connectivity index (χ1v) is 5.89. The highest BCUT2D eigenvalue weighted by atomic mass is 16.4. The van der Waals surface area contributed by atoms with E-state index in [4.69, 9.17) is 5.11 Å². The highest BCUT2D eigenvalue weighted by Gasteiger charge is 2.33. The summed E-state index contributed by atoms with van der Waals surface area (Å²) in [5.41, 5.74) is 1.71. The molecule has 96 valence electrons. The van der Waals surface area contributed by atoms with E-state index in [1.54, 1.807) is 12.1 Å². The largest absolute Gasteiger partial charge is 0.481 e. The Bertz CT molecular complexity index is 456. The zero-order chi connectivity index (χ0) is 13.1. The molecule has 1 aliphatic heterocycles. The highest BCUT2D eigenvalue weighted by molar-refractivity contribution is 5.88. The molecule has 2 rings (SSSR count). The number of nitrogens with one attached hydrogen (secondary N) is 2. The van der Waals surface area contributed by atoms with E-state index >= 15 is 0 Å². The number of carboxylic acids is 1. The highest BCUT2D eigenvalue weighted by Crippen LogP contribution is 2.29. The molecule has 1 amide bonds. The number of benzene rings is 1. The maximum absolute atomic E-state index is 11.1. The fourth-order valence-corrected chi connectivity index (χ4v) is 2.31. The third kappa shape index (κ3) is 2.68. The van der Waals surface area contributed by atoms with Gasteiger partial charge in [0.25, 0.3) is 0 Å². The number of carboxylic acid groups (broad SMARTS) is 1. The van der Waals surface area contributed by atoms with Crippen LogP contribution in [0.3, 0.4) is 0 Å². The van der Waals surface area contributed by atoms with Gasteiger partial charge in [-0.1, -0.05) is 12.1 Å². The van der Waals surface area contributed by atoms with Crippen LogP contribution in [0.25, 0.3) is 0 Å². The van der Waals surface area contributed by atoms with Gasteiger partial charge in [0.1, 0.15) is 0 Å². The van der Waals surface area contributed by atoms with Crippen LogP contribution in [0, 0.1) is 5.92 Å². The quantitative estimate of drug-likeness (QED) is 0.746. The van der Waals surface area contributed by atoms with Crippen molar-refractivity contribution in [2.45, 2.75) is 12.8 Å². The minimum Gasteiger partial charge on any atom is -0.481 e. The average Bonchev–Trinajstić information content (AvgIpc) is 2.78. The summed E-state index contributed by atoms with van der Waals surface area (Å²) < 4.78 is 0. The van der Waals surface area contributed by atoms with Crippen molar-refractivity contribution in [1.82, 2.24) is 5.32 Å². The predicted octanol–water partition coefficient (Wildman–Crippen LogP) is 1.03. The van der Waals surface area contributed by atoms with Gasteiger partial charge in [0, 0.05) is 31.6 Å². The van der Waals surface area contributed by atoms with E-state index in [1.165, 1.54) is 6.92 Å². The second-order valence-corrected chi connectivity index (χ2v) is 4.51. The lowest BCUT2D eigenvalue weighted by molar-refractivity contribution is -0.141. The van der Waals surface area contributed by atoms with Gasteiger partial charge in [-0.2, -0.15) is 0 Å². The standard InChI is InChI=1S/C13H16N2O3/c1-8(16)15-10-4-2-9(3-5-10)11-6-14-7-12(11)13(17)18/h2-5,11-12,14H,6-7H2,1H3,(H,15,16)(H,17,18)/t11-,12+/m0/s1. The maximum Gasteiger partial charge on any atom is 0.308 e. The number of aliphatic carboxylic acids is 1. The number of hydrogen-bond donors (Lipinski definition) is 3. The first-order chi connectivity index (χ1) is 8.58. The molecule has 3 N–H and O–H groups in total. The lowest BCUT2D eigenvalue weighted by Gasteiger charge is -2.15. The summed E-state index contributed by atoms with van der Waals surface area (Å²) >= 11 is 0. The molecular formula is C13H16N2O3. The normalized spacial score (nSPS) is 22.7. The summed E-state index contributed by atoms with van der Waals surface area (Å²) in [4.78, 5) is 22.0. The second-order valence-electron chi connectivity index (χ2n) is 4.51. The number of hydrogen-bond acceptors (Lipinski definition) is 3. The fraction of sp³-hybridized carbons (Fsp3) is 0.385. The van der Waals surface area contributed by atoms with Crippen molar-refractivity contribution < 1.29 is 14.7 Å². The summed E-state index contributed by atoms with van der Waals surface area (Å²) in [7, 11) is 0. The monoisotopic (exact) mass is 248 g/mol. The number of rotatable bonds is 3. The SMILES string of the molecule is CC(=O)Nc1ccc([C@@H]2CNC[C@H]2C(=O)O)cc1. The molecule has 1 aromatic rings. The van der Waals surface area contributed by atoms with Crippen LogP contribution in [-0.2, 0) is 9.59 Å². The molecule has 1 heterocycles. The van der Waals surface area contributed by atoms with E-state index in [1.807, 2.05) is 12.1 Å². The molecule has 0 aliphatic carbocycles. The lowest BCUT2D eigenvalue weighted by atomic mass is 9.89. The van der Waals surface area contributed by atoms with Crippen molar-refractivity contribution in [2.24, 2.45) is 5.92 Å². The van der Waals surface area contributed by atoms with Gasteiger partial charge in [0.05, 0.1) is 5.92 Å². The molecule has 0 spiro atoms. The van der Waals surface area contributed by atoms with Crippen LogP contribution in [0.1, 0.15) is 18.4 Å². The first-order valence-electron chi connectivity index (χ1n) is 5.89. The number of anilines is 1. The third-order valence-electron chi connectivity index (χ3n) is 3.19. The Balaban J connectivity index is 2.14. The fourth-order valence-electron chi connectivity index (χ4n) is 2.31. The van der Waals surface area contributed by atoms with Gasteiger partial charge in [0.15, 0.2) is 0 Å².